The fourth-order valence-electron chi connectivity index (χ4n) is 7.92. The number of hydrogen-bond donors (Lipinski definition) is 8. The van der Waals surface area contributed by atoms with Crippen molar-refractivity contribution in [3.05, 3.63) is 59.2 Å². The number of fused-ring (bicyclic) bond motifs is 4. The number of aromatic nitrogens is 2. The zero-order chi connectivity index (χ0) is 48.2. The Labute approximate surface area is 380 Å². The van der Waals surface area contributed by atoms with Gasteiger partial charge < -0.3 is 41.3 Å². The molecule has 8 N–H and O–H groups in total. The first-order valence-corrected chi connectivity index (χ1v) is 21.6. The molecule has 24 heteroatoms. The number of hydrogen-bond acceptors (Lipinski definition) is 16. The maximum absolute atomic E-state index is 12.9. The standard InChI is InChI=1S/C42H60N10O14/c53-35(9-7-33(41(63)64)51-17-13-47(25-37(55)56)21-29-3-1-4-30(45-29)22-48(14-18-51)26-38(57)58)43-11-12-44-36(54)10-8-34(42(65)66)52-19-15-49(27-39(59)60)23-31-5-2-6-32(46-31)24-50(16-20-52)28-40(61)62/h1-6,33-34H,7-28H2,(H,43,53)(H,44,54)(H,55,56)(H,57,58)(H,59,60)(H,61,62)(H,63,64)(H,65,66). The maximum Gasteiger partial charge on any atom is 0.320 e. The summed E-state index contributed by atoms with van der Waals surface area (Å²) in [5.41, 5.74) is 2.27. The van der Waals surface area contributed by atoms with Crippen molar-refractivity contribution in [1.82, 2.24) is 50.0 Å². The third-order valence-electron chi connectivity index (χ3n) is 11.0. The Bertz CT molecular complexity index is 1780. The molecule has 2 aromatic heterocycles. The summed E-state index contributed by atoms with van der Waals surface area (Å²) in [6, 6.07) is 8.05. The van der Waals surface area contributed by atoms with Crippen molar-refractivity contribution in [1.29, 1.82) is 0 Å². The molecule has 2 unspecified atom stereocenters. The van der Waals surface area contributed by atoms with Crippen LogP contribution in [-0.2, 0) is 64.5 Å². The van der Waals surface area contributed by atoms with Crippen LogP contribution in [0.2, 0.25) is 0 Å². The highest BCUT2D eigenvalue weighted by Gasteiger charge is 2.30. The number of carboxylic acids is 6. The molecule has 362 valence electrons. The normalized spacial score (nSPS) is 17.6. The number of aliphatic carboxylic acids is 6. The smallest absolute Gasteiger partial charge is 0.320 e. The summed E-state index contributed by atoms with van der Waals surface area (Å²) in [5.74, 6) is -7.80. The number of rotatable bonds is 21. The third kappa shape index (κ3) is 19.1. The van der Waals surface area contributed by atoms with Crippen molar-refractivity contribution in [2.24, 2.45) is 0 Å². The van der Waals surface area contributed by atoms with E-state index in [0.29, 0.717) is 22.8 Å². The van der Waals surface area contributed by atoms with E-state index in [1.54, 1.807) is 65.8 Å². The highest BCUT2D eigenvalue weighted by atomic mass is 16.4. The molecule has 0 saturated heterocycles. The molecule has 0 radical (unpaired) electrons. The average Bonchev–Trinajstić information content (AvgIpc) is 3.22. The molecule has 0 fully saturated rings. The molecule has 2 aromatic rings. The highest BCUT2D eigenvalue weighted by Crippen LogP contribution is 2.16. The molecule has 4 bridgehead atoms. The van der Waals surface area contributed by atoms with Gasteiger partial charge in [0.15, 0.2) is 0 Å². The SMILES string of the molecule is O=C(O)CN1CCN(C(CCC(=O)NCCNC(=O)CCC(C(=O)O)N2CCN(CC(=O)O)Cc3cccc(n3)CN(CC(=O)O)CC2)C(=O)O)CCN(CC(=O)O)Cc2cccc(n2)C1. The zero-order valence-corrected chi connectivity index (χ0v) is 36.7. The van der Waals surface area contributed by atoms with Crippen LogP contribution in [0.4, 0.5) is 0 Å². The molecule has 0 aliphatic carbocycles. The quantitative estimate of drug-likeness (QED) is 0.0631. The Kier molecular flexibility index (Phi) is 21.2. The number of nitrogens with one attached hydrogen (secondary N) is 2. The second-order valence-corrected chi connectivity index (χ2v) is 16.2. The number of carbonyl (C=O) groups is 8. The minimum absolute atomic E-state index is 0.0290. The Balaban J connectivity index is 1.31. The second kappa shape index (κ2) is 26.7. The summed E-state index contributed by atoms with van der Waals surface area (Å²) in [4.78, 5) is 117. The first-order chi connectivity index (χ1) is 31.4. The monoisotopic (exact) mass is 928 g/mol. The van der Waals surface area contributed by atoms with E-state index in [1.807, 2.05) is 0 Å². The van der Waals surface area contributed by atoms with E-state index >= 15 is 0 Å². The molecular formula is C42H60N10O14. The van der Waals surface area contributed by atoms with Crippen molar-refractivity contribution >= 4 is 47.6 Å². The van der Waals surface area contributed by atoms with Crippen LogP contribution in [0.25, 0.3) is 0 Å². The molecule has 4 heterocycles. The summed E-state index contributed by atoms with van der Waals surface area (Å²) in [6.07, 6.45) is -0.713. The van der Waals surface area contributed by atoms with Crippen LogP contribution in [0.5, 0.6) is 0 Å². The molecule has 4 rings (SSSR count). The Hall–Kier alpha value is -6.18. The second-order valence-electron chi connectivity index (χ2n) is 16.2. The van der Waals surface area contributed by atoms with Crippen molar-refractivity contribution in [3.8, 4) is 0 Å². The lowest BCUT2D eigenvalue weighted by Gasteiger charge is -2.33. The minimum atomic E-state index is -1.22. The van der Waals surface area contributed by atoms with Gasteiger partial charge in [0.05, 0.1) is 49.0 Å². The highest BCUT2D eigenvalue weighted by molar-refractivity contribution is 5.80. The van der Waals surface area contributed by atoms with Crippen LogP contribution in [0.1, 0.15) is 48.5 Å². The van der Waals surface area contributed by atoms with Gasteiger partial charge in [0.25, 0.3) is 0 Å². The molecule has 0 aromatic carbocycles. The van der Waals surface area contributed by atoms with Crippen molar-refractivity contribution in [3.63, 3.8) is 0 Å². The van der Waals surface area contributed by atoms with Crippen molar-refractivity contribution in [2.75, 3.05) is 91.6 Å². The largest absolute Gasteiger partial charge is 0.480 e. The van der Waals surface area contributed by atoms with E-state index in [2.05, 4.69) is 20.6 Å². The van der Waals surface area contributed by atoms with Gasteiger partial charge in [0, 0.05) is 104 Å². The van der Waals surface area contributed by atoms with Gasteiger partial charge in [-0.1, -0.05) is 12.1 Å². The lowest BCUT2D eigenvalue weighted by molar-refractivity contribution is -0.145. The van der Waals surface area contributed by atoms with E-state index in [1.165, 1.54) is 0 Å². The Morgan fingerprint density at radius 3 is 0.970 bits per heavy atom. The van der Waals surface area contributed by atoms with Gasteiger partial charge in [-0.3, -0.25) is 77.7 Å². The van der Waals surface area contributed by atoms with Crippen LogP contribution in [0, 0.1) is 0 Å². The molecule has 66 heavy (non-hydrogen) atoms. The van der Waals surface area contributed by atoms with Gasteiger partial charge in [-0.25, -0.2) is 0 Å². The summed E-state index contributed by atoms with van der Waals surface area (Å²) in [6.45, 7) is 0.158. The number of pyridine rings is 2. The fraction of sp³-hybridized carbons (Fsp3) is 0.571. The molecule has 0 spiro atoms. The number of carboxylic acid groups (broad SMARTS) is 6. The molecule has 2 amide bonds. The van der Waals surface area contributed by atoms with Crippen molar-refractivity contribution in [2.45, 2.75) is 63.9 Å². The lowest BCUT2D eigenvalue weighted by Crippen LogP contribution is -2.49. The predicted octanol–water partition coefficient (Wildman–Crippen LogP) is -1.95. The zero-order valence-electron chi connectivity index (χ0n) is 36.7. The number of amides is 2. The first kappa shape index (κ1) is 52.4. The maximum atomic E-state index is 12.9. The van der Waals surface area contributed by atoms with E-state index in [-0.39, 0.29) is 143 Å². The van der Waals surface area contributed by atoms with Crippen molar-refractivity contribution < 1.29 is 69.0 Å². The Morgan fingerprint density at radius 2 is 0.727 bits per heavy atom. The summed E-state index contributed by atoms with van der Waals surface area (Å²) < 4.78 is 0. The van der Waals surface area contributed by atoms with E-state index in [9.17, 15) is 69.0 Å². The van der Waals surface area contributed by atoms with Gasteiger partial charge in [-0.15, -0.1) is 0 Å². The van der Waals surface area contributed by atoms with Crippen LogP contribution in [0.3, 0.4) is 0 Å². The topological polar surface area (TPSA) is 327 Å². The molecular weight excluding hydrogens is 869 g/mol. The molecule has 2 atom stereocenters. The molecule has 2 aliphatic rings. The van der Waals surface area contributed by atoms with Gasteiger partial charge in [-0.2, -0.15) is 0 Å². The number of carbonyl (C=O) groups excluding carboxylic acids is 2. The lowest BCUT2D eigenvalue weighted by atomic mass is 10.1. The van der Waals surface area contributed by atoms with Gasteiger partial charge in [0.2, 0.25) is 11.8 Å². The minimum Gasteiger partial charge on any atom is -0.480 e. The van der Waals surface area contributed by atoms with E-state index < -0.39 is 59.7 Å². The summed E-state index contributed by atoms with van der Waals surface area (Å²) in [7, 11) is 0. The molecule has 0 saturated carbocycles. The van der Waals surface area contributed by atoms with Crippen LogP contribution < -0.4 is 10.6 Å². The predicted molar refractivity (Wildman–Crippen MR) is 231 cm³/mol. The third-order valence-corrected chi connectivity index (χ3v) is 11.0. The van der Waals surface area contributed by atoms with Crippen LogP contribution in [0.15, 0.2) is 36.4 Å². The van der Waals surface area contributed by atoms with E-state index in [4.69, 9.17) is 0 Å². The Morgan fingerprint density at radius 1 is 0.455 bits per heavy atom. The molecule has 24 nitrogen and oxygen atoms in total. The van der Waals surface area contributed by atoms with E-state index in [0.717, 1.165) is 0 Å². The van der Waals surface area contributed by atoms with Gasteiger partial charge in [-0.05, 0) is 37.1 Å². The number of nitrogens with zero attached hydrogens (tertiary/aromatic N) is 8. The van der Waals surface area contributed by atoms with Gasteiger partial charge in [0.1, 0.15) is 12.1 Å². The average molecular weight is 929 g/mol. The van der Waals surface area contributed by atoms with Crippen LogP contribution >= 0.6 is 0 Å². The summed E-state index contributed by atoms with van der Waals surface area (Å²) in [5, 5.41) is 64.1. The summed E-state index contributed by atoms with van der Waals surface area (Å²) >= 11 is 0. The first-order valence-electron chi connectivity index (χ1n) is 21.6. The van der Waals surface area contributed by atoms with Crippen LogP contribution in [-0.4, -0.2) is 221 Å². The van der Waals surface area contributed by atoms with Gasteiger partial charge >= 0.3 is 35.8 Å². The fourth-order valence-corrected chi connectivity index (χ4v) is 7.92. The molecule has 2 aliphatic heterocycles.